The molecule has 0 radical (unpaired) electrons. The number of ether oxygens (including phenoxy) is 2. The van der Waals surface area contributed by atoms with E-state index in [1.807, 2.05) is 42.5 Å². The van der Waals surface area contributed by atoms with E-state index in [1.54, 1.807) is 20.4 Å². The number of rotatable bonds is 5. The Balaban J connectivity index is 1.74. The van der Waals surface area contributed by atoms with Gasteiger partial charge in [0.1, 0.15) is 5.52 Å². The van der Waals surface area contributed by atoms with Gasteiger partial charge in [0.15, 0.2) is 17.1 Å². The fraction of sp³-hybridized carbons (Fsp3) is 0.125. The molecule has 0 fully saturated rings. The third-order valence-electron chi connectivity index (χ3n) is 3.08. The summed E-state index contributed by atoms with van der Waals surface area (Å²) in [6.45, 7) is 0. The number of methoxy groups -OCH3 is 2. The molecule has 1 aromatic heterocycles. The molecule has 1 heterocycles. The highest BCUT2D eigenvalue weighted by molar-refractivity contribution is 5.81. The van der Waals surface area contributed by atoms with Crippen molar-refractivity contribution in [2.24, 2.45) is 5.10 Å². The number of aromatic nitrogens is 1. The molecular formula is C16H15N3O3. The first-order chi connectivity index (χ1) is 10.8. The zero-order chi connectivity index (χ0) is 15.4. The van der Waals surface area contributed by atoms with Crippen molar-refractivity contribution in [3.8, 4) is 11.5 Å². The predicted molar refractivity (Wildman–Crippen MR) is 84.8 cm³/mol. The maximum atomic E-state index is 5.51. The van der Waals surface area contributed by atoms with Crippen LogP contribution in [0.4, 0.5) is 6.01 Å². The Morgan fingerprint density at radius 2 is 1.91 bits per heavy atom. The Morgan fingerprint density at radius 3 is 2.68 bits per heavy atom. The van der Waals surface area contributed by atoms with E-state index < -0.39 is 0 Å². The largest absolute Gasteiger partial charge is 0.493 e. The number of hydrogen-bond acceptors (Lipinski definition) is 6. The Hall–Kier alpha value is -3.02. The third kappa shape index (κ3) is 2.85. The van der Waals surface area contributed by atoms with Crippen LogP contribution < -0.4 is 14.9 Å². The van der Waals surface area contributed by atoms with E-state index in [0.29, 0.717) is 23.1 Å². The van der Waals surface area contributed by atoms with Gasteiger partial charge >= 0.3 is 6.01 Å². The minimum atomic E-state index is 0.345. The topological polar surface area (TPSA) is 68.9 Å². The Morgan fingerprint density at radius 1 is 1.09 bits per heavy atom. The summed E-state index contributed by atoms with van der Waals surface area (Å²) in [5, 5.41) is 4.11. The summed E-state index contributed by atoms with van der Waals surface area (Å²) in [6.07, 6.45) is 1.65. The molecule has 0 saturated heterocycles. The van der Waals surface area contributed by atoms with Crippen LogP contribution >= 0.6 is 0 Å². The molecule has 0 aliphatic carbocycles. The molecule has 2 aromatic carbocycles. The smallest absolute Gasteiger partial charge is 0.316 e. The van der Waals surface area contributed by atoms with Crippen molar-refractivity contribution in [1.29, 1.82) is 0 Å². The highest BCUT2D eigenvalue weighted by Crippen LogP contribution is 2.26. The molecule has 0 bridgehead atoms. The van der Waals surface area contributed by atoms with Crippen LogP contribution in [0, 0.1) is 0 Å². The van der Waals surface area contributed by atoms with Crippen LogP contribution in [0.5, 0.6) is 11.5 Å². The van der Waals surface area contributed by atoms with E-state index in [2.05, 4.69) is 15.5 Å². The highest BCUT2D eigenvalue weighted by atomic mass is 16.5. The number of oxazole rings is 1. The third-order valence-corrected chi connectivity index (χ3v) is 3.08. The molecule has 6 heteroatoms. The van der Waals surface area contributed by atoms with Gasteiger partial charge in [-0.3, -0.25) is 0 Å². The first-order valence-corrected chi connectivity index (χ1v) is 6.67. The number of anilines is 1. The van der Waals surface area contributed by atoms with Crippen molar-refractivity contribution in [2.75, 3.05) is 19.6 Å². The van der Waals surface area contributed by atoms with Crippen molar-refractivity contribution >= 4 is 23.3 Å². The van der Waals surface area contributed by atoms with Crippen molar-refractivity contribution < 1.29 is 13.9 Å². The van der Waals surface area contributed by atoms with Crippen LogP contribution in [-0.2, 0) is 0 Å². The fourth-order valence-electron chi connectivity index (χ4n) is 2.02. The lowest BCUT2D eigenvalue weighted by atomic mass is 10.2. The summed E-state index contributed by atoms with van der Waals surface area (Å²) in [7, 11) is 3.19. The van der Waals surface area contributed by atoms with Gasteiger partial charge in [0.05, 0.1) is 20.4 Å². The number of hydrogen-bond donors (Lipinski definition) is 1. The molecule has 0 amide bonds. The lowest BCUT2D eigenvalue weighted by Crippen LogP contribution is -1.94. The van der Waals surface area contributed by atoms with Gasteiger partial charge in [-0.05, 0) is 35.9 Å². The number of nitrogens with zero attached hydrogens (tertiary/aromatic N) is 2. The summed E-state index contributed by atoms with van der Waals surface area (Å²) in [5.74, 6) is 1.32. The Bertz CT molecular complexity index is 778. The first kappa shape index (κ1) is 13.9. The Kier molecular flexibility index (Phi) is 3.91. The van der Waals surface area contributed by atoms with E-state index >= 15 is 0 Å². The summed E-state index contributed by atoms with van der Waals surface area (Å²) >= 11 is 0. The number of nitrogens with one attached hydrogen (secondary N) is 1. The molecule has 1 N–H and O–H groups in total. The summed E-state index contributed by atoms with van der Waals surface area (Å²) in [4.78, 5) is 4.27. The molecule has 6 nitrogen and oxygen atoms in total. The molecule has 0 aliphatic heterocycles. The molecule has 22 heavy (non-hydrogen) atoms. The number of benzene rings is 2. The zero-order valence-electron chi connectivity index (χ0n) is 12.2. The average molecular weight is 297 g/mol. The molecule has 0 spiro atoms. The van der Waals surface area contributed by atoms with E-state index in [-0.39, 0.29) is 0 Å². The number of para-hydroxylation sites is 2. The van der Waals surface area contributed by atoms with E-state index in [4.69, 9.17) is 13.9 Å². The van der Waals surface area contributed by atoms with E-state index in [0.717, 1.165) is 11.1 Å². The molecule has 0 atom stereocenters. The quantitative estimate of drug-likeness (QED) is 0.578. The minimum Gasteiger partial charge on any atom is -0.493 e. The van der Waals surface area contributed by atoms with Gasteiger partial charge < -0.3 is 13.9 Å². The first-order valence-electron chi connectivity index (χ1n) is 6.67. The maximum Gasteiger partial charge on any atom is 0.316 e. The van der Waals surface area contributed by atoms with Crippen molar-refractivity contribution in [1.82, 2.24) is 4.98 Å². The van der Waals surface area contributed by atoms with E-state index in [1.165, 1.54) is 0 Å². The van der Waals surface area contributed by atoms with Gasteiger partial charge in [-0.1, -0.05) is 12.1 Å². The van der Waals surface area contributed by atoms with Gasteiger partial charge in [0.2, 0.25) is 0 Å². The van der Waals surface area contributed by atoms with Crippen LogP contribution in [-0.4, -0.2) is 25.4 Å². The molecule has 0 unspecified atom stereocenters. The lowest BCUT2D eigenvalue weighted by Gasteiger charge is -2.07. The normalized spacial score (nSPS) is 11.0. The van der Waals surface area contributed by atoms with Gasteiger partial charge in [0, 0.05) is 0 Å². The zero-order valence-corrected chi connectivity index (χ0v) is 12.2. The van der Waals surface area contributed by atoms with Crippen LogP contribution in [0.1, 0.15) is 5.56 Å². The van der Waals surface area contributed by atoms with Crippen LogP contribution in [0.15, 0.2) is 52.0 Å². The van der Waals surface area contributed by atoms with Gasteiger partial charge in [-0.15, -0.1) is 0 Å². The summed E-state index contributed by atoms with van der Waals surface area (Å²) in [6, 6.07) is 13.4. The fourth-order valence-corrected chi connectivity index (χ4v) is 2.02. The average Bonchev–Trinajstić information content (AvgIpc) is 2.97. The van der Waals surface area contributed by atoms with Crippen LogP contribution in [0.3, 0.4) is 0 Å². The molecule has 0 saturated carbocycles. The van der Waals surface area contributed by atoms with Crippen molar-refractivity contribution in [3.05, 3.63) is 48.0 Å². The molecule has 0 aliphatic rings. The lowest BCUT2D eigenvalue weighted by molar-refractivity contribution is 0.355. The SMILES string of the molecule is COc1ccc(/C=N\Nc2nc3ccccc3o2)cc1OC. The molecule has 3 aromatic rings. The minimum absolute atomic E-state index is 0.345. The monoisotopic (exact) mass is 297 g/mol. The number of hydrazone groups is 1. The van der Waals surface area contributed by atoms with E-state index in [9.17, 15) is 0 Å². The summed E-state index contributed by atoms with van der Waals surface area (Å²) < 4.78 is 15.9. The van der Waals surface area contributed by atoms with Crippen molar-refractivity contribution in [3.63, 3.8) is 0 Å². The standard InChI is InChI=1S/C16H15N3O3/c1-20-14-8-7-11(9-15(14)21-2)10-17-19-16-18-12-5-3-4-6-13(12)22-16/h3-10H,1-2H3,(H,18,19)/b17-10-. The van der Waals surface area contributed by atoms with Crippen molar-refractivity contribution in [2.45, 2.75) is 0 Å². The molecule has 112 valence electrons. The second-order valence-electron chi connectivity index (χ2n) is 4.47. The second kappa shape index (κ2) is 6.17. The predicted octanol–water partition coefficient (Wildman–Crippen LogP) is 3.29. The number of fused-ring (bicyclic) bond motifs is 1. The molecule has 3 rings (SSSR count). The summed E-state index contributed by atoms with van der Waals surface area (Å²) in [5.41, 5.74) is 5.13. The van der Waals surface area contributed by atoms with Crippen LogP contribution in [0.25, 0.3) is 11.1 Å². The molecular weight excluding hydrogens is 282 g/mol. The highest BCUT2D eigenvalue weighted by Gasteiger charge is 2.04. The second-order valence-corrected chi connectivity index (χ2v) is 4.47. The maximum absolute atomic E-state index is 5.51. The van der Waals surface area contributed by atoms with Crippen LogP contribution in [0.2, 0.25) is 0 Å². The van der Waals surface area contributed by atoms with Gasteiger partial charge in [-0.25, -0.2) is 5.43 Å². The Labute approximate surface area is 127 Å². The van der Waals surface area contributed by atoms with Gasteiger partial charge in [0.25, 0.3) is 0 Å². The van der Waals surface area contributed by atoms with Gasteiger partial charge in [-0.2, -0.15) is 10.1 Å².